The van der Waals surface area contributed by atoms with Gasteiger partial charge in [0.2, 0.25) is 0 Å². The Bertz CT molecular complexity index is 454. The normalized spacial score (nSPS) is 35.5. The molecule has 2 aliphatic rings. The molecule has 0 unspecified atom stereocenters. The molecule has 2 aliphatic heterocycles. The van der Waals surface area contributed by atoms with Gasteiger partial charge >= 0.3 is 5.97 Å². The predicted molar refractivity (Wildman–Crippen MR) is 59.1 cm³/mol. The Balaban J connectivity index is 1.87. The van der Waals surface area contributed by atoms with Crippen LogP contribution in [-0.2, 0) is 14.3 Å². The molecule has 17 heavy (non-hydrogen) atoms. The maximum absolute atomic E-state index is 11.1. The van der Waals surface area contributed by atoms with Crippen LogP contribution in [0.5, 0.6) is 0 Å². The van der Waals surface area contributed by atoms with Gasteiger partial charge in [-0.15, -0.1) is 0 Å². The molecule has 1 saturated heterocycles. The van der Waals surface area contributed by atoms with Crippen LogP contribution in [0.25, 0.3) is 0 Å². The first-order valence-electron chi connectivity index (χ1n) is 5.53. The summed E-state index contributed by atoms with van der Waals surface area (Å²) < 4.78 is 10.8. The summed E-state index contributed by atoms with van der Waals surface area (Å²) in [7, 11) is 0. The zero-order valence-corrected chi connectivity index (χ0v) is 9.02. The highest BCUT2D eigenvalue weighted by Gasteiger charge is 2.46. The van der Waals surface area contributed by atoms with Crippen molar-refractivity contribution < 1.29 is 19.4 Å². The Hall–Kier alpha value is -1.65. The van der Waals surface area contributed by atoms with Crippen LogP contribution in [0, 0.1) is 0 Å². The van der Waals surface area contributed by atoms with Gasteiger partial charge < -0.3 is 14.6 Å². The maximum Gasteiger partial charge on any atom is 0.330 e. The van der Waals surface area contributed by atoms with Gasteiger partial charge in [-0.05, 0) is 11.6 Å². The van der Waals surface area contributed by atoms with Crippen LogP contribution >= 0.6 is 0 Å². The summed E-state index contributed by atoms with van der Waals surface area (Å²) in [5, 5.41) is 10.1. The third kappa shape index (κ3) is 1.75. The topological polar surface area (TPSA) is 55.8 Å². The minimum absolute atomic E-state index is 0.354. The number of hydrogen-bond donors (Lipinski definition) is 1. The van der Waals surface area contributed by atoms with E-state index >= 15 is 0 Å². The molecular formula is C13H12O4. The molecule has 1 aromatic carbocycles. The molecule has 0 radical (unpaired) electrons. The highest BCUT2D eigenvalue weighted by Crippen LogP contribution is 2.36. The molecule has 1 N–H and O–H groups in total. The lowest BCUT2D eigenvalue weighted by atomic mass is 10.0. The molecule has 3 rings (SSSR count). The predicted octanol–water partition coefficient (Wildman–Crippen LogP) is 0.969. The molecule has 4 nitrogen and oxygen atoms in total. The van der Waals surface area contributed by atoms with Gasteiger partial charge in [0.1, 0.15) is 18.3 Å². The summed E-state index contributed by atoms with van der Waals surface area (Å²) in [5.74, 6) is -0.428. The minimum Gasteiger partial charge on any atom is -0.453 e. The average Bonchev–Trinajstić information content (AvgIpc) is 2.68. The molecule has 0 amide bonds. The van der Waals surface area contributed by atoms with Crippen molar-refractivity contribution in [2.24, 2.45) is 0 Å². The Morgan fingerprint density at radius 1 is 1.18 bits per heavy atom. The molecule has 4 heteroatoms. The number of aliphatic hydroxyl groups excluding tert-OH is 1. The van der Waals surface area contributed by atoms with Crippen LogP contribution in [0.3, 0.4) is 0 Å². The van der Waals surface area contributed by atoms with E-state index < -0.39 is 24.3 Å². The summed E-state index contributed by atoms with van der Waals surface area (Å²) in [6, 6.07) is 9.44. The molecule has 2 heterocycles. The highest BCUT2D eigenvalue weighted by atomic mass is 16.6. The Morgan fingerprint density at radius 3 is 2.71 bits per heavy atom. The second kappa shape index (κ2) is 3.98. The van der Waals surface area contributed by atoms with E-state index in [0.29, 0.717) is 0 Å². The first kappa shape index (κ1) is 10.5. The first-order chi connectivity index (χ1) is 8.25. The molecule has 1 aromatic rings. The SMILES string of the molecule is O=C1C=C[C@H]2O[C@H](c3ccccc3)[C@H](O)[C@H]2O1. The molecule has 1 fully saturated rings. The van der Waals surface area contributed by atoms with E-state index in [0.717, 1.165) is 5.56 Å². The van der Waals surface area contributed by atoms with Crippen molar-refractivity contribution in [3.63, 3.8) is 0 Å². The largest absolute Gasteiger partial charge is 0.453 e. The number of carbonyl (C=O) groups excluding carboxylic acids is 1. The molecule has 0 spiro atoms. The van der Waals surface area contributed by atoms with Gasteiger partial charge in [-0.2, -0.15) is 0 Å². The summed E-state index contributed by atoms with van der Waals surface area (Å²) in [6.45, 7) is 0. The van der Waals surface area contributed by atoms with Gasteiger partial charge in [-0.3, -0.25) is 0 Å². The van der Waals surface area contributed by atoms with E-state index in [-0.39, 0.29) is 6.10 Å². The monoisotopic (exact) mass is 232 g/mol. The number of rotatable bonds is 1. The number of hydrogen-bond acceptors (Lipinski definition) is 4. The third-order valence-corrected chi connectivity index (χ3v) is 3.08. The van der Waals surface area contributed by atoms with Crippen LogP contribution in [0.2, 0.25) is 0 Å². The quantitative estimate of drug-likeness (QED) is 0.733. The Labute approximate surface area is 98.5 Å². The van der Waals surface area contributed by atoms with Gasteiger partial charge in [0, 0.05) is 6.08 Å². The Kier molecular flexibility index (Phi) is 2.46. The fourth-order valence-corrected chi connectivity index (χ4v) is 2.25. The minimum atomic E-state index is -0.823. The zero-order valence-electron chi connectivity index (χ0n) is 9.02. The van der Waals surface area contributed by atoms with Crippen LogP contribution in [0.4, 0.5) is 0 Å². The standard InChI is InChI=1S/C13H12O4/c14-10-7-6-9-13(17-10)11(15)12(16-9)8-4-2-1-3-5-8/h1-7,9,11-13,15H/t9-,11+,12-,13+/m1/s1. The molecule has 0 bridgehead atoms. The van der Waals surface area contributed by atoms with Crippen molar-refractivity contribution in [3.8, 4) is 0 Å². The molecule has 4 atom stereocenters. The highest BCUT2D eigenvalue weighted by molar-refractivity contribution is 5.83. The van der Waals surface area contributed by atoms with Crippen molar-refractivity contribution >= 4 is 5.97 Å². The van der Waals surface area contributed by atoms with Crippen molar-refractivity contribution in [2.75, 3.05) is 0 Å². The van der Waals surface area contributed by atoms with Crippen LogP contribution in [0.15, 0.2) is 42.5 Å². The van der Waals surface area contributed by atoms with Crippen molar-refractivity contribution in [2.45, 2.75) is 24.4 Å². The third-order valence-electron chi connectivity index (χ3n) is 3.08. The van der Waals surface area contributed by atoms with Gasteiger partial charge in [0.25, 0.3) is 0 Å². The smallest absolute Gasteiger partial charge is 0.330 e. The molecular weight excluding hydrogens is 220 g/mol. The summed E-state index contributed by atoms with van der Waals surface area (Å²) >= 11 is 0. The van der Waals surface area contributed by atoms with Gasteiger partial charge in [-0.1, -0.05) is 30.3 Å². The van der Waals surface area contributed by atoms with Crippen molar-refractivity contribution in [1.29, 1.82) is 0 Å². The second-order valence-electron chi connectivity index (χ2n) is 4.18. The number of benzene rings is 1. The summed E-state index contributed by atoms with van der Waals surface area (Å²) in [6.07, 6.45) is 0.757. The fourth-order valence-electron chi connectivity index (χ4n) is 2.25. The lowest BCUT2D eigenvalue weighted by molar-refractivity contribution is -0.150. The zero-order chi connectivity index (χ0) is 11.8. The van der Waals surface area contributed by atoms with Crippen LogP contribution in [-0.4, -0.2) is 29.4 Å². The summed E-state index contributed by atoms with van der Waals surface area (Å²) in [4.78, 5) is 11.1. The van der Waals surface area contributed by atoms with Gasteiger partial charge in [-0.25, -0.2) is 4.79 Å². The van der Waals surface area contributed by atoms with Crippen molar-refractivity contribution in [3.05, 3.63) is 48.0 Å². The van der Waals surface area contributed by atoms with E-state index in [1.54, 1.807) is 6.08 Å². The van der Waals surface area contributed by atoms with Gasteiger partial charge in [0.05, 0.1) is 0 Å². The number of aliphatic hydroxyl groups is 1. The van der Waals surface area contributed by atoms with Crippen LogP contribution < -0.4 is 0 Å². The lowest BCUT2D eigenvalue weighted by Gasteiger charge is -2.20. The fraction of sp³-hybridized carbons (Fsp3) is 0.308. The maximum atomic E-state index is 11.1. The van der Waals surface area contributed by atoms with E-state index in [1.165, 1.54) is 6.08 Å². The molecule has 0 aliphatic carbocycles. The molecule has 88 valence electrons. The lowest BCUT2D eigenvalue weighted by Crippen LogP contribution is -2.36. The van der Waals surface area contributed by atoms with Crippen molar-refractivity contribution in [1.82, 2.24) is 0 Å². The van der Waals surface area contributed by atoms with E-state index in [9.17, 15) is 9.90 Å². The first-order valence-corrected chi connectivity index (χ1v) is 5.53. The molecule has 0 saturated carbocycles. The second-order valence-corrected chi connectivity index (χ2v) is 4.18. The molecule has 0 aromatic heterocycles. The van der Waals surface area contributed by atoms with E-state index in [1.807, 2.05) is 30.3 Å². The van der Waals surface area contributed by atoms with Gasteiger partial charge in [0.15, 0.2) is 6.10 Å². The number of ether oxygens (including phenoxy) is 2. The number of esters is 1. The Morgan fingerprint density at radius 2 is 1.94 bits per heavy atom. The average molecular weight is 232 g/mol. The van der Waals surface area contributed by atoms with E-state index in [4.69, 9.17) is 9.47 Å². The number of fused-ring (bicyclic) bond motifs is 1. The number of carbonyl (C=O) groups is 1. The van der Waals surface area contributed by atoms with E-state index in [2.05, 4.69) is 0 Å². The summed E-state index contributed by atoms with van der Waals surface area (Å²) in [5.41, 5.74) is 0.888. The van der Waals surface area contributed by atoms with Crippen LogP contribution in [0.1, 0.15) is 11.7 Å².